The summed E-state index contributed by atoms with van der Waals surface area (Å²) in [5.74, 6) is 2.57. The summed E-state index contributed by atoms with van der Waals surface area (Å²) in [7, 11) is 0. The van der Waals surface area contributed by atoms with Gasteiger partial charge in [0.2, 0.25) is 0 Å². The van der Waals surface area contributed by atoms with E-state index in [-0.39, 0.29) is 32.3 Å². The fourth-order valence-corrected chi connectivity index (χ4v) is 6.31. The summed E-state index contributed by atoms with van der Waals surface area (Å²) in [6.07, 6.45) is 1.85. The zero-order chi connectivity index (χ0) is 32.1. The molecular weight excluding hydrogens is 671 g/mol. The summed E-state index contributed by atoms with van der Waals surface area (Å²) >= 11 is 0. The normalized spacial score (nSPS) is 11.5. The first kappa shape index (κ1) is 32.4. The minimum Gasteiger partial charge on any atom is -0.509 e. The van der Waals surface area contributed by atoms with Gasteiger partial charge >= 0.3 is 20.4 Å². The van der Waals surface area contributed by atoms with Crippen LogP contribution < -0.4 is 4.74 Å². The van der Waals surface area contributed by atoms with Crippen molar-refractivity contribution in [3.05, 3.63) is 131 Å². The number of hydrogen-bond donors (Lipinski definition) is 0. The van der Waals surface area contributed by atoms with E-state index in [4.69, 9.17) is 14.8 Å². The molecule has 0 spiro atoms. The molecule has 47 heavy (non-hydrogen) atoms. The number of hydrogen-bond acceptors (Lipinski definition) is 3. The first-order valence-electron chi connectivity index (χ1n) is 16.0. The Hall–Kier alpha value is -4.50. The zero-order valence-electron chi connectivity index (χ0n) is 27.8. The molecular formula is C41H38N4OPd. The molecule has 238 valence electrons. The second-order valence-corrected chi connectivity index (χ2v) is 12.8. The first-order valence-corrected chi connectivity index (χ1v) is 16.0. The van der Waals surface area contributed by atoms with E-state index in [1.54, 1.807) is 0 Å². The standard InChI is InChI=1S/C41H38N4O.Pd/c1-25(2)40-39(30-16-15-28(6)29(7)22-30)41(26(3)4)45(43-40)31-11-10-12-32(23-31)46-33-17-18-35-34-13-8-9-14-36(34)44(37(35)24-33)38-21-27(5)19-20-42-38;/h8-22,25-26H,1-7H3;/q-2;+2. The van der Waals surface area contributed by atoms with Crippen molar-refractivity contribution in [1.82, 2.24) is 19.3 Å². The number of aromatic nitrogens is 4. The van der Waals surface area contributed by atoms with Crippen LogP contribution in [0.1, 0.15) is 67.6 Å². The van der Waals surface area contributed by atoms with E-state index in [1.165, 1.54) is 27.9 Å². The number of pyridine rings is 1. The van der Waals surface area contributed by atoms with Crippen LogP contribution in [0.3, 0.4) is 0 Å². The van der Waals surface area contributed by atoms with Crippen LogP contribution in [0.15, 0.2) is 91.1 Å². The van der Waals surface area contributed by atoms with E-state index in [2.05, 4.69) is 124 Å². The number of aryl methyl sites for hydroxylation is 3. The van der Waals surface area contributed by atoms with Crippen molar-refractivity contribution in [2.45, 2.75) is 60.3 Å². The molecule has 0 N–H and O–H groups in total. The number of rotatable bonds is 7. The van der Waals surface area contributed by atoms with Crippen LogP contribution in [0.25, 0.3) is 44.4 Å². The quantitative estimate of drug-likeness (QED) is 0.122. The van der Waals surface area contributed by atoms with Crippen LogP contribution in [0, 0.1) is 32.9 Å². The Morgan fingerprint density at radius 1 is 0.723 bits per heavy atom. The van der Waals surface area contributed by atoms with Gasteiger partial charge in [-0.05, 0) is 84.1 Å². The van der Waals surface area contributed by atoms with Crippen molar-refractivity contribution in [1.29, 1.82) is 0 Å². The fourth-order valence-electron chi connectivity index (χ4n) is 6.31. The van der Waals surface area contributed by atoms with Gasteiger partial charge in [0.05, 0.1) is 11.4 Å². The van der Waals surface area contributed by atoms with Gasteiger partial charge in [0.1, 0.15) is 5.82 Å². The Morgan fingerprint density at radius 2 is 1.51 bits per heavy atom. The Morgan fingerprint density at radius 3 is 2.26 bits per heavy atom. The van der Waals surface area contributed by atoms with Crippen molar-refractivity contribution in [3.8, 4) is 34.1 Å². The Balaban J connectivity index is 0.00000386. The van der Waals surface area contributed by atoms with Gasteiger partial charge in [-0.3, -0.25) is 4.68 Å². The summed E-state index contributed by atoms with van der Waals surface area (Å²) in [6.45, 7) is 15.3. The average molecular weight is 709 g/mol. The summed E-state index contributed by atoms with van der Waals surface area (Å²) in [5.41, 5.74) is 11.2. The van der Waals surface area contributed by atoms with Crippen LogP contribution in [0.5, 0.6) is 11.5 Å². The minimum atomic E-state index is 0. The Bertz CT molecular complexity index is 2240. The molecule has 0 radical (unpaired) electrons. The van der Waals surface area contributed by atoms with E-state index in [0.29, 0.717) is 11.5 Å². The second kappa shape index (κ2) is 13.0. The van der Waals surface area contributed by atoms with Gasteiger partial charge in [-0.15, -0.1) is 35.7 Å². The monoisotopic (exact) mass is 708 g/mol. The SMILES string of the molecule is Cc1ccnc(-n2c3[c-]c(Oc4[c-]c(-n5nc(C(C)C)c(-c6ccc(C)c(C)c6)c5C(C)C)ccc4)ccc3c3ccccc32)c1.[Pd+2]. The largest absolute Gasteiger partial charge is 2.00 e. The number of nitrogens with zero attached hydrogens (tertiary/aromatic N) is 4. The van der Waals surface area contributed by atoms with Gasteiger partial charge in [-0.1, -0.05) is 69.6 Å². The molecule has 0 atom stereocenters. The second-order valence-electron chi connectivity index (χ2n) is 12.8. The third-order valence-corrected chi connectivity index (χ3v) is 8.73. The predicted octanol–water partition coefficient (Wildman–Crippen LogP) is 10.6. The summed E-state index contributed by atoms with van der Waals surface area (Å²) in [6, 6.07) is 36.4. The number of fused-ring (bicyclic) bond motifs is 3. The maximum absolute atomic E-state index is 6.47. The van der Waals surface area contributed by atoms with Gasteiger partial charge < -0.3 is 9.30 Å². The molecule has 5 nitrogen and oxygen atoms in total. The van der Waals surface area contributed by atoms with Crippen molar-refractivity contribution < 1.29 is 25.2 Å². The molecule has 0 bridgehead atoms. The molecule has 0 aliphatic heterocycles. The van der Waals surface area contributed by atoms with Crippen molar-refractivity contribution in [2.75, 3.05) is 0 Å². The van der Waals surface area contributed by atoms with Crippen molar-refractivity contribution >= 4 is 21.8 Å². The maximum atomic E-state index is 6.47. The topological polar surface area (TPSA) is 44.9 Å². The van der Waals surface area contributed by atoms with Crippen LogP contribution in [0.4, 0.5) is 0 Å². The average Bonchev–Trinajstić information content (AvgIpc) is 3.60. The summed E-state index contributed by atoms with van der Waals surface area (Å²) < 4.78 is 10.7. The van der Waals surface area contributed by atoms with E-state index < -0.39 is 0 Å². The summed E-state index contributed by atoms with van der Waals surface area (Å²) in [4.78, 5) is 4.70. The molecule has 0 saturated carbocycles. The Labute approximate surface area is 290 Å². The Kier molecular flexibility index (Phi) is 8.94. The van der Waals surface area contributed by atoms with Crippen LogP contribution in [0.2, 0.25) is 0 Å². The molecule has 6 heteroatoms. The molecule has 0 aliphatic rings. The van der Waals surface area contributed by atoms with Gasteiger partial charge in [-0.2, -0.15) is 17.2 Å². The zero-order valence-corrected chi connectivity index (χ0v) is 29.4. The number of ether oxygens (including phenoxy) is 1. The summed E-state index contributed by atoms with van der Waals surface area (Å²) in [5, 5.41) is 7.46. The molecule has 4 aromatic carbocycles. The first-order chi connectivity index (χ1) is 22.2. The molecule has 0 saturated heterocycles. The van der Waals surface area contributed by atoms with E-state index >= 15 is 0 Å². The third-order valence-electron chi connectivity index (χ3n) is 8.73. The van der Waals surface area contributed by atoms with Crippen molar-refractivity contribution in [3.63, 3.8) is 0 Å². The van der Waals surface area contributed by atoms with Gasteiger partial charge in [-0.25, -0.2) is 4.98 Å². The van der Waals surface area contributed by atoms with Gasteiger partial charge in [0.15, 0.2) is 0 Å². The molecule has 7 rings (SSSR count). The van der Waals surface area contributed by atoms with Crippen LogP contribution >= 0.6 is 0 Å². The molecule has 0 amide bonds. The van der Waals surface area contributed by atoms with E-state index in [1.807, 2.05) is 36.5 Å². The van der Waals surface area contributed by atoms with Gasteiger partial charge in [0, 0.05) is 28.8 Å². The molecule has 0 fully saturated rings. The fraction of sp³-hybridized carbons (Fsp3) is 0.220. The van der Waals surface area contributed by atoms with Crippen molar-refractivity contribution in [2.24, 2.45) is 0 Å². The molecule has 7 aromatic rings. The maximum Gasteiger partial charge on any atom is 2.00 e. The molecule has 0 unspecified atom stereocenters. The predicted molar refractivity (Wildman–Crippen MR) is 188 cm³/mol. The number of para-hydroxylation sites is 1. The molecule has 3 heterocycles. The minimum absolute atomic E-state index is 0. The third kappa shape index (κ3) is 5.93. The molecule has 0 aliphatic carbocycles. The smallest absolute Gasteiger partial charge is 0.509 e. The van der Waals surface area contributed by atoms with Gasteiger partial charge in [0.25, 0.3) is 0 Å². The molecule has 3 aromatic heterocycles. The van der Waals surface area contributed by atoms with Crippen LogP contribution in [-0.4, -0.2) is 19.3 Å². The van der Waals surface area contributed by atoms with E-state index in [0.717, 1.165) is 44.6 Å². The number of benzene rings is 4. The van der Waals surface area contributed by atoms with E-state index in [9.17, 15) is 0 Å². The van der Waals surface area contributed by atoms with Crippen LogP contribution in [-0.2, 0) is 20.4 Å².